The summed E-state index contributed by atoms with van der Waals surface area (Å²) in [6.07, 6.45) is 3.56. The van der Waals surface area contributed by atoms with E-state index < -0.39 is 11.1 Å². The quantitative estimate of drug-likeness (QED) is 0.877. The number of ether oxygens (including phenoxy) is 1. The van der Waals surface area contributed by atoms with Crippen LogP contribution in [-0.4, -0.2) is 28.8 Å². The molecule has 0 aliphatic heterocycles. The molecule has 1 amide bonds. The highest BCUT2D eigenvalue weighted by molar-refractivity contribution is 5.85. The van der Waals surface area contributed by atoms with Crippen LogP contribution >= 0.6 is 0 Å². The van der Waals surface area contributed by atoms with Crippen molar-refractivity contribution in [3.05, 3.63) is 30.1 Å². The van der Waals surface area contributed by atoms with Crippen LogP contribution in [0.4, 0.5) is 4.39 Å². The maximum atomic E-state index is 12.9. The normalized spacial score (nSPS) is 17.5. The lowest BCUT2D eigenvalue weighted by molar-refractivity contribution is -0.136. The molecule has 0 heterocycles. The van der Waals surface area contributed by atoms with E-state index in [0.29, 0.717) is 5.75 Å². The molecule has 1 aliphatic rings. The van der Waals surface area contributed by atoms with E-state index in [9.17, 15) is 14.3 Å². The zero-order valence-corrected chi connectivity index (χ0v) is 12.5. The van der Waals surface area contributed by atoms with Crippen LogP contribution in [0.3, 0.4) is 0 Å². The van der Waals surface area contributed by atoms with Gasteiger partial charge < -0.3 is 15.2 Å². The minimum absolute atomic E-state index is 0.0641. The Morgan fingerprint density at radius 1 is 1.33 bits per heavy atom. The summed E-state index contributed by atoms with van der Waals surface area (Å²) in [6.45, 7) is 3.25. The van der Waals surface area contributed by atoms with E-state index in [0.717, 1.165) is 25.7 Å². The first-order valence-electron chi connectivity index (χ1n) is 7.25. The SMILES string of the molecule is CC(C)(Oc1ccc(F)cc1)C(=O)NC1(CO)CCCC1. The lowest BCUT2D eigenvalue weighted by Gasteiger charge is -2.33. The first-order chi connectivity index (χ1) is 9.87. The van der Waals surface area contributed by atoms with Gasteiger partial charge in [-0.3, -0.25) is 4.79 Å². The summed E-state index contributed by atoms with van der Waals surface area (Å²) in [5, 5.41) is 12.5. The van der Waals surface area contributed by atoms with E-state index in [1.807, 2.05) is 0 Å². The van der Waals surface area contributed by atoms with Crippen molar-refractivity contribution in [3.63, 3.8) is 0 Å². The summed E-state index contributed by atoms with van der Waals surface area (Å²) in [5.41, 5.74) is -1.62. The van der Waals surface area contributed by atoms with E-state index in [4.69, 9.17) is 4.74 Å². The first-order valence-corrected chi connectivity index (χ1v) is 7.25. The molecule has 1 fully saturated rings. The molecule has 0 atom stereocenters. The first kappa shape index (κ1) is 15.8. The Bertz CT molecular complexity index is 493. The van der Waals surface area contributed by atoms with Crippen molar-refractivity contribution < 1.29 is 19.0 Å². The van der Waals surface area contributed by atoms with Crippen molar-refractivity contribution in [2.75, 3.05) is 6.61 Å². The van der Waals surface area contributed by atoms with Crippen molar-refractivity contribution in [2.45, 2.75) is 50.7 Å². The van der Waals surface area contributed by atoms with Crippen LogP contribution in [0.5, 0.6) is 5.75 Å². The molecule has 1 aromatic rings. The molecule has 2 N–H and O–H groups in total. The lowest BCUT2D eigenvalue weighted by Crippen LogP contribution is -2.57. The number of amides is 1. The number of benzene rings is 1. The topological polar surface area (TPSA) is 58.6 Å². The van der Waals surface area contributed by atoms with Crippen LogP contribution in [0.25, 0.3) is 0 Å². The van der Waals surface area contributed by atoms with Crippen molar-refractivity contribution in [3.8, 4) is 5.75 Å². The average Bonchev–Trinajstić information content (AvgIpc) is 2.90. The standard InChI is InChI=1S/C16H22FNO3/c1-15(2,21-13-7-5-12(17)6-8-13)14(20)18-16(11-19)9-3-4-10-16/h5-8,19H,3-4,9-11H2,1-2H3,(H,18,20). The fourth-order valence-electron chi connectivity index (χ4n) is 2.61. The highest BCUT2D eigenvalue weighted by atomic mass is 19.1. The molecule has 5 heteroatoms. The zero-order chi connectivity index (χ0) is 15.5. The van der Waals surface area contributed by atoms with Crippen molar-refractivity contribution in [1.82, 2.24) is 5.32 Å². The van der Waals surface area contributed by atoms with Crippen LogP contribution in [0.15, 0.2) is 24.3 Å². The second-order valence-electron chi connectivity index (χ2n) is 6.17. The summed E-state index contributed by atoms with van der Waals surface area (Å²) in [5.74, 6) is -0.196. The average molecular weight is 295 g/mol. The van der Waals surface area contributed by atoms with Crippen LogP contribution in [0.2, 0.25) is 0 Å². The van der Waals surface area contributed by atoms with E-state index in [-0.39, 0.29) is 18.3 Å². The highest BCUT2D eigenvalue weighted by Crippen LogP contribution is 2.30. The molecule has 0 spiro atoms. The van der Waals surface area contributed by atoms with Gasteiger partial charge in [-0.1, -0.05) is 12.8 Å². The molecule has 1 saturated carbocycles. The molecule has 0 bridgehead atoms. The summed E-state index contributed by atoms with van der Waals surface area (Å²) in [4.78, 5) is 12.4. The predicted molar refractivity (Wildman–Crippen MR) is 77.5 cm³/mol. The van der Waals surface area contributed by atoms with Gasteiger partial charge in [0.2, 0.25) is 0 Å². The van der Waals surface area contributed by atoms with Gasteiger partial charge in [0.25, 0.3) is 5.91 Å². The van der Waals surface area contributed by atoms with Crippen molar-refractivity contribution in [1.29, 1.82) is 0 Å². The van der Waals surface area contributed by atoms with Crippen LogP contribution in [-0.2, 0) is 4.79 Å². The van der Waals surface area contributed by atoms with Gasteiger partial charge in [-0.05, 0) is 51.0 Å². The highest BCUT2D eigenvalue weighted by Gasteiger charge is 2.39. The molecule has 4 nitrogen and oxygen atoms in total. The molecule has 116 valence electrons. The Hall–Kier alpha value is -1.62. The Morgan fingerprint density at radius 2 is 1.90 bits per heavy atom. The number of hydrogen-bond acceptors (Lipinski definition) is 3. The molecule has 1 aromatic carbocycles. The Balaban J connectivity index is 2.04. The van der Waals surface area contributed by atoms with Crippen LogP contribution < -0.4 is 10.1 Å². The minimum atomic E-state index is -1.09. The van der Waals surface area contributed by atoms with Gasteiger partial charge in [-0.15, -0.1) is 0 Å². The molecular weight excluding hydrogens is 273 g/mol. The second-order valence-corrected chi connectivity index (χ2v) is 6.17. The molecule has 0 aromatic heterocycles. The van der Waals surface area contributed by atoms with E-state index in [2.05, 4.69) is 5.32 Å². The molecule has 21 heavy (non-hydrogen) atoms. The Labute approximate surface area is 124 Å². The largest absolute Gasteiger partial charge is 0.478 e. The molecule has 0 unspecified atom stereocenters. The maximum absolute atomic E-state index is 12.9. The summed E-state index contributed by atoms with van der Waals surface area (Å²) < 4.78 is 18.5. The van der Waals surface area contributed by atoms with E-state index in [1.54, 1.807) is 13.8 Å². The third-order valence-electron chi connectivity index (χ3n) is 3.98. The molecule has 0 radical (unpaired) electrons. The number of halogens is 1. The number of aliphatic hydroxyl groups excluding tert-OH is 1. The molecule has 2 rings (SSSR count). The fraction of sp³-hybridized carbons (Fsp3) is 0.562. The Morgan fingerprint density at radius 3 is 2.43 bits per heavy atom. The Kier molecular flexibility index (Phi) is 4.52. The number of carbonyl (C=O) groups is 1. The van der Waals surface area contributed by atoms with E-state index in [1.165, 1.54) is 24.3 Å². The van der Waals surface area contributed by atoms with E-state index >= 15 is 0 Å². The van der Waals surface area contributed by atoms with Crippen LogP contribution in [0, 0.1) is 5.82 Å². The second kappa shape index (κ2) is 6.02. The van der Waals surface area contributed by atoms with Gasteiger partial charge in [0.05, 0.1) is 12.1 Å². The minimum Gasteiger partial charge on any atom is -0.478 e. The molecule has 1 aliphatic carbocycles. The third-order valence-corrected chi connectivity index (χ3v) is 3.98. The van der Waals surface area contributed by atoms with Crippen molar-refractivity contribution in [2.24, 2.45) is 0 Å². The van der Waals surface area contributed by atoms with Crippen LogP contribution in [0.1, 0.15) is 39.5 Å². The van der Waals surface area contributed by atoms with Gasteiger partial charge in [-0.25, -0.2) is 4.39 Å². The summed E-state index contributed by atoms with van der Waals surface area (Å²) >= 11 is 0. The predicted octanol–water partition coefficient (Wildman–Crippen LogP) is 2.40. The van der Waals surface area contributed by atoms with Gasteiger partial charge in [0, 0.05) is 0 Å². The van der Waals surface area contributed by atoms with Gasteiger partial charge in [-0.2, -0.15) is 0 Å². The summed E-state index contributed by atoms with van der Waals surface area (Å²) in [6, 6.07) is 5.55. The number of hydrogen-bond donors (Lipinski definition) is 2. The monoisotopic (exact) mass is 295 g/mol. The van der Waals surface area contributed by atoms with Gasteiger partial charge in [0.1, 0.15) is 11.6 Å². The maximum Gasteiger partial charge on any atom is 0.264 e. The number of rotatable bonds is 5. The molecule has 0 saturated heterocycles. The van der Waals surface area contributed by atoms with Gasteiger partial charge in [0.15, 0.2) is 5.60 Å². The molecular formula is C16H22FNO3. The van der Waals surface area contributed by atoms with Gasteiger partial charge >= 0.3 is 0 Å². The fourth-order valence-corrected chi connectivity index (χ4v) is 2.61. The zero-order valence-electron chi connectivity index (χ0n) is 12.5. The van der Waals surface area contributed by atoms with Crippen molar-refractivity contribution >= 4 is 5.91 Å². The lowest BCUT2D eigenvalue weighted by atomic mass is 9.96. The number of nitrogens with one attached hydrogen (secondary N) is 1. The number of carbonyl (C=O) groups excluding carboxylic acids is 1. The number of aliphatic hydroxyl groups is 1. The summed E-state index contributed by atoms with van der Waals surface area (Å²) in [7, 11) is 0. The third kappa shape index (κ3) is 3.73. The smallest absolute Gasteiger partial charge is 0.264 e.